The standard InChI is InChI=1S/C21H17BrN2O2/c1-14-4-2-5-15(12-14)20(25)24-19-7-3-6-16(13-19)21(26)23-18-10-8-17(22)9-11-18/h2-13H,1H3,(H,23,26)(H,24,25). The van der Waals surface area contributed by atoms with Gasteiger partial charge in [0.2, 0.25) is 0 Å². The lowest BCUT2D eigenvalue weighted by molar-refractivity contribution is 0.101. The molecule has 0 atom stereocenters. The van der Waals surface area contributed by atoms with Crippen LogP contribution in [0.4, 0.5) is 11.4 Å². The predicted molar refractivity (Wildman–Crippen MR) is 108 cm³/mol. The summed E-state index contributed by atoms with van der Waals surface area (Å²) in [5, 5.41) is 5.66. The van der Waals surface area contributed by atoms with Crippen molar-refractivity contribution in [2.45, 2.75) is 6.92 Å². The van der Waals surface area contributed by atoms with E-state index in [1.54, 1.807) is 30.3 Å². The Balaban J connectivity index is 1.72. The van der Waals surface area contributed by atoms with Gasteiger partial charge in [-0.2, -0.15) is 0 Å². The molecule has 0 fully saturated rings. The van der Waals surface area contributed by atoms with E-state index >= 15 is 0 Å². The number of benzene rings is 3. The molecule has 0 aliphatic heterocycles. The Labute approximate surface area is 160 Å². The molecule has 130 valence electrons. The quantitative estimate of drug-likeness (QED) is 0.618. The van der Waals surface area contributed by atoms with Crippen molar-refractivity contribution in [3.8, 4) is 0 Å². The number of carbonyl (C=O) groups is 2. The number of anilines is 2. The molecule has 0 spiro atoms. The molecule has 3 aromatic rings. The number of aryl methyl sites for hydroxylation is 1. The molecule has 3 rings (SSSR count). The minimum atomic E-state index is -0.237. The summed E-state index contributed by atoms with van der Waals surface area (Å²) in [6.07, 6.45) is 0. The van der Waals surface area contributed by atoms with Crippen LogP contribution >= 0.6 is 15.9 Å². The summed E-state index contributed by atoms with van der Waals surface area (Å²) in [7, 11) is 0. The molecular formula is C21H17BrN2O2. The van der Waals surface area contributed by atoms with E-state index in [0.717, 1.165) is 10.0 Å². The van der Waals surface area contributed by atoms with E-state index in [4.69, 9.17) is 0 Å². The average Bonchev–Trinajstić information content (AvgIpc) is 2.64. The minimum Gasteiger partial charge on any atom is -0.322 e. The van der Waals surface area contributed by atoms with Gasteiger partial charge in [0, 0.05) is 27.0 Å². The van der Waals surface area contributed by atoms with Crippen molar-refractivity contribution in [2.24, 2.45) is 0 Å². The maximum atomic E-state index is 12.4. The Kier molecular flexibility index (Phi) is 5.49. The van der Waals surface area contributed by atoms with E-state index in [2.05, 4.69) is 26.6 Å². The Morgan fingerprint density at radius 2 is 1.31 bits per heavy atom. The van der Waals surface area contributed by atoms with Crippen LogP contribution in [0.5, 0.6) is 0 Å². The smallest absolute Gasteiger partial charge is 0.255 e. The van der Waals surface area contributed by atoms with E-state index < -0.39 is 0 Å². The Morgan fingerprint density at radius 3 is 1.96 bits per heavy atom. The average molecular weight is 409 g/mol. The van der Waals surface area contributed by atoms with Gasteiger partial charge < -0.3 is 10.6 Å². The van der Waals surface area contributed by atoms with Crippen LogP contribution in [0.1, 0.15) is 26.3 Å². The zero-order chi connectivity index (χ0) is 18.5. The molecule has 0 saturated heterocycles. The van der Waals surface area contributed by atoms with Gasteiger partial charge in [-0.05, 0) is 61.5 Å². The lowest BCUT2D eigenvalue weighted by Gasteiger charge is -2.09. The molecule has 3 aromatic carbocycles. The maximum Gasteiger partial charge on any atom is 0.255 e. The fourth-order valence-electron chi connectivity index (χ4n) is 2.46. The third kappa shape index (κ3) is 4.58. The fourth-order valence-corrected chi connectivity index (χ4v) is 2.73. The number of halogens is 1. The van der Waals surface area contributed by atoms with Gasteiger partial charge in [0.1, 0.15) is 0 Å². The van der Waals surface area contributed by atoms with Crippen LogP contribution in [0.15, 0.2) is 77.3 Å². The SMILES string of the molecule is Cc1cccc(C(=O)Nc2cccc(C(=O)Nc3ccc(Br)cc3)c2)c1. The molecule has 26 heavy (non-hydrogen) atoms. The molecule has 0 saturated carbocycles. The number of amides is 2. The van der Waals surface area contributed by atoms with Crippen molar-refractivity contribution in [2.75, 3.05) is 10.6 Å². The summed E-state index contributed by atoms with van der Waals surface area (Å²) in [4.78, 5) is 24.8. The van der Waals surface area contributed by atoms with Crippen molar-refractivity contribution in [3.05, 3.63) is 94.0 Å². The first kappa shape index (κ1) is 17.9. The van der Waals surface area contributed by atoms with Gasteiger partial charge in [0.05, 0.1) is 0 Å². The number of rotatable bonds is 4. The molecule has 0 unspecified atom stereocenters. The number of hydrogen-bond acceptors (Lipinski definition) is 2. The fraction of sp³-hybridized carbons (Fsp3) is 0.0476. The lowest BCUT2D eigenvalue weighted by Crippen LogP contribution is -2.14. The zero-order valence-corrected chi connectivity index (χ0v) is 15.7. The summed E-state index contributed by atoms with van der Waals surface area (Å²) >= 11 is 3.36. The molecular weight excluding hydrogens is 392 g/mol. The summed E-state index contributed by atoms with van der Waals surface area (Å²) < 4.78 is 0.941. The van der Waals surface area contributed by atoms with Crippen molar-refractivity contribution >= 4 is 39.1 Å². The van der Waals surface area contributed by atoms with Crippen molar-refractivity contribution in [1.29, 1.82) is 0 Å². The molecule has 0 aliphatic carbocycles. The first-order chi connectivity index (χ1) is 12.5. The van der Waals surface area contributed by atoms with Crippen LogP contribution < -0.4 is 10.6 Å². The first-order valence-electron chi connectivity index (χ1n) is 8.06. The Bertz CT molecular complexity index is 952. The second-order valence-corrected chi connectivity index (χ2v) is 6.78. The third-order valence-corrected chi connectivity index (χ3v) is 4.29. The summed E-state index contributed by atoms with van der Waals surface area (Å²) in [6, 6.07) is 21.5. The van der Waals surface area contributed by atoms with Crippen LogP contribution in [0.2, 0.25) is 0 Å². The summed E-state index contributed by atoms with van der Waals surface area (Å²) in [6.45, 7) is 1.93. The van der Waals surface area contributed by atoms with E-state index in [1.807, 2.05) is 49.4 Å². The van der Waals surface area contributed by atoms with E-state index in [-0.39, 0.29) is 11.8 Å². The van der Waals surface area contributed by atoms with Gasteiger partial charge >= 0.3 is 0 Å². The van der Waals surface area contributed by atoms with Gasteiger partial charge in [0.15, 0.2) is 0 Å². The lowest BCUT2D eigenvalue weighted by atomic mass is 10.1. The minimum absolute atomic E-state index is 0.209. The molecule has 0 aromatic heterocycles. The molecule has 0 bridgehead atoms. The molecule has 5 heteroatoms. The highest BCUT2D eigenvalue weighted by molar-refractivity contribution is 9.10. The van der Waals surface area contributed by atoms with Crippen molar-refractivity contribution < 1.29 is 9.59 Å². The van der Waals surface area contributed by atoms with Gasteiger partial charge in [-0.25, -0.2) is 0 Å². The molecule has 4 nitrogen and oxygen atoms in total. The van der Waals surface area contributed by atoms with Crippen LogP contribution in [0, 0.1) is 6.92 Å². The first-order valence-corrected chi connectivity index (χ1v) is 8.85. The van der Waals surface area contributed by atoms with Crippen molar-refractivity contribution in [1.82, 2.24) is 0 Å². The van der Waals surface area contributed by atoms with E-state index in [0.29, 0.717) is 22.5 Å². The van der Waals surface area contributed by atoms with E-state index in [1.165, 1.54) is 0 Å². The number of hydrogen-bond donors (Lipinski definition) is 2. The normalized spacial score (nSPS) is 10.2. The van der Waals surface area contributed by atoms with Crippen LogP contribution in [0.25, 0.3) is 0 Å². The van der Waals surface area contributed by atoms with Gasteiger partial charge in [-0.1, -0.05) is 39.7 Å². The highest BCUT2D eigenvalue weighted by atomic mass is 79.9. The molecule has 2 N–H and O–H groups in total. The Hall–Kier alpha value is -2.92. The zero-order valence-electron chi connectivity index (χ0n) is 14.1. The number of nitrogens with one attached hydrogen (secondary N) is 2. The van der Waals surface area contributed by atoms with Gasteiger partial charge in [-0.3, -0.25) is 9.59 Å². The van der Waals surface area contributed by atoms with E-state index in [9.17, 15) is 9.59 Å². The predicted octanol–water partition coefficient (Wildman–Crippen LogP) is 5.26. The van der Waals surface area contributed by atoms with Crippen LogP contribution in [-0.2, 0) is 0 Å². The highest BCUT2D eigenvalue weighted by Crippen LogP contribution is 2.17. The molecule has 0 heterocycles. The maximum absolute atomic E-state index is 12.4. The summed E-state index contributed by atoms with van der Waals surface area (Å²) in [5.41, 5.74) is 3.33. The molecule has 0 aliphatic rings. The second-order valence-electron chi connectivity index (χ2n) is 5.87. The monoisotopic (exact) mass is 408 g/mol. The summed E-state index contributed by atoms with van der Waals surface area (Å²) in [5.74, 6) is -0.446. The molecule has 0 radical (unpaired) electrons. The van der Waals surface area contributed by atoms with Crippen LogP contribution in [-0.4, -0.2) is 11.8 Å². The van der Waals surface area contributed by atoms with Gasteiger partial charge in [-0.15, -0.1) is 0 Å². The highest BCUT2D eigenvalue weighted by Gasteiger charge is 2.10. The Morgan fingerprint density at radius 1 is 0.731 bits per heavy atom. The topological polar surface area (TPSA) is 58.2 Å². The molecule has 2 amide bonds. The third-order valence-electron chi connectivity index (χ3n) is 3.76. The van der Waals surface area contributed by atoms with Gasteiger partial charge in [0.25, 0.3) is 11.8 Å². The van der Waals surface area contributed by atoms with Crippen LogP contribution in [0.3, 0.4) is 0 Å². The second kappa shape index (κ2) is 7.97. The number of carbonyl (C=O) groups excluding carboxylic acids is 2. The largest absolute Gasteiger partial charge is 0.322 e. The van der Waals surface area contributed by atoms with Crippen molar-refractivity contribution in [3.63, 3.8) is 0 Å².